The third-order valence-electron chi connectivity index (χ3n) is 4.60. The number of likely N-dealkylation sites (tertiary alicyclic amines) is 1. The third kappa shape index (κ3) is 3.77. The van der Waals surface area contributed by atoms with Crippen LogP contribution in [0.15, 0.2) is 24.3 Å². The highest BCUT2D eigenvalue weighted by Crippen LogP contribution is 2.22. The number of nitrogens with zero attached hydrogens (tertiary/aromatic N) is 2. The number of amides is 2. The minimum absolute atomic E-state index is 0.156. The summed E-state index contributed by atoms with van der Waals surface area (Å²) in [7, 11) is 0. The molecule has 2 heterocycles. The average Bonchev–Trinajstić information content (AvgIpc) is 2.58. The summed E-state index contributed by atoms with van der Waals surface area (Å²) in [5.74, 6) is 0.397. The Hall–Kier alpha value is -1.62. The number of carbonyl (C=O) groups excluding carboxylic acids is 1. The van der Waals surface area contributed by atoms with Crippen LogP contribution in [0.4, 0.5) is 9.18 Å². The molecular weight excluding hydrogens is 283 g/mol. The highest BCUT2D eigenvalue weighted by atomic mass is 19.1. The number of morpholine rings is 1. The molecule has 2 saturated heterocycles. The highest BCUT2D eigenvalue weighted by molar-refractivity contribution is 5.74. The number of halogens is 1. The second-order valence-electron chi connectivity index (χ2n) is 6.14. The summed E-state index contributed by atoms with van der Waals surface area (Å²) in [5, 5.41) is 0. The molecule has 1 aromatic rings. The maximum Gasteiger partial charge on any atom is 0.320 e. The fraction of sp³-hybridized carbons (Fsp3) is 0.588. The molecule has 2 fully saturated rings. The van der Waals surface area contributed by atoms with E-state index in [0.717, 1.165) is 32.4 Å². The second kappa shape index (κ2) is 7.09. The van der Waals surface area contributed by atoms with Crippen LogP contribution in [0.25, 0.3) is 0 Å². The standard InChI is InChI=1S/C17H23FN2O2/c18-16-3-1-14(2-4-16)13-15-5-7-19(8-6-15)17(21)20-9-11-22-12-10-20/h1-4,15H,5-13H2. The van der Waals surface area contributed by atoms with Crippen molar-refractivity contribution in [2.24, 2.45) is 5.92 Å². The molecule has 0 spiro atoms. The van der Waals surface area contributed by atoms with Crippen LogP contribution in [0.3, 0.4) is 0 Å². The molecule has 1 aromatic carbocycles. The maximum atomic E-state index is 12.9. The van der Waals surface area contributed by atoms with E-state index in [0.29, 0.717) is 32.2 Å². The van der Waals surface area contributed by atoms with Gasteiger partial charge in [-0.15, -0.1) is 0 Å². The van der Waals surface area contributed by atoms with E-state index in [9.17, 15) is 9.18 Å². The number of benzene rings is 1. The SMILES string of the molecule is O=C(N1CCOCC1)N1CCC(Cc2ccc(F)cc2)CC1. The van der Waals surface area contributed by atoms with Crippen LogP contribution in [0.2, 0.25) is 0 Å². The molecule has 0 bridgehead atoms. The largest absolute Gasteiger partial charge is 0.378 e. The fourth-order valence-electron chi connectivity index (χ4n) is 3.24. The van der Waals surface area contributed by atoms with Crippen molar-refractivity contribution in [3.63, 3.8) is 0 Å². The van der Waals surface area contributed by atoms with Gasteiger partial charge in [0.05, 0.1) is 13.2 Å². The molecule has 120 valence electrons. The molecule has 0 saturated carbocycles. The van der Waals surface area contributed by atoms with E-state index in [-0.39, 0.29) is 11.8 Å². The Morgan fingerprint density at radius 1 is 1.05 bits per heavy atom. The molecular formula is C17H23FN2O2. The van der Waals surface area contributed by atoms with Crippen LogP contribution in [-0.2, 0) is 11.2 Å². The second-order valence-corrected chi connectivity index (χ2v) is 6.14. The Bertz CT molecular complexity index is 492. The molecule has 0 N–H and O–H groups in total. The lowest BCUT2D eigenvalue weighted by Crippen LogP contribution is -2.50. The van der Waals surface area contributed by atoms with Gasteiger partial charge >= 0.3 is 6.03 Å². The molecule has 3 rings (SSSR count). The van der Waals surface area contributed by atoms with Gasteiger partial charge in [-0.25, -0.2) is 9.18 Å². The van der Waals surface area contributed by atoms with Crippen LogP contribution < -0.4 is 0 Å². The normalized spacial score (nSPS) is 20.2. The van der Waals surface area contributed by atoms with E-state index >= 15 is 0 Å². The van der Waals surface area contributed by atoms with Gasteiger partial charge in [-0.1, -0.05) is 12.1 Å². The topological polar surface area (TPSA) is 32.8 Å². The summed E-state index contributed by atoms with van der Waals surface area (Å²) >= 11 is 0. The lowest BCUT2D eigenvalue weighted by Gasteiger charge is -2.37. The van der Waals surface area contributed by atoms with E-state index < -0.39 is 0 Å². The summed E-state index contributed by atoms with van der Waals surface area (Å²) in [6.45, 7) is 4.34. The number of hydrogen-bond acceptors (Lipinski definition) is 2. The smallest absolute Gasteiger partial charge is 0.320 e. The summed E-state index contributed by atoms with van der Waals surface area (Å²) in [4.78, 5) is 16.3. The van der Waals surface area contributed by atoms with Gasteiger partial charge < -0.3 is 14.5 Å². The fourth-order valence-corrected chi connectivity index (χ4v) is 3.24. The van der Waals surface area contributed by atoms with Gasteiger partial charge in [0, 0.05) is 26.2 Å². The van der Waals surface area contributed by atoms with Gasteiger partial charge in [0.15, 0.2) is 0 Å². The van der Waals surface area contributed by atoms with Gasteiger partial charge in [-0.3, -0.25) is 0 Å². The number of piperidine rings is 1. The lowest BCUT2D eigenvalue weighted by atomic mass is 9.90. The summed E-state index contributed by atoms with van der Waals surface area (Å²) in [5.41, 5.74) is 1.18. The van der Waals surface area contributed by atoms with Crippen molar-refractivity contribution < 1.29 is 13.9 Å². The van der Waals surface area contributed by atoms with Crippen LogP contribution in [-0.4, -0.2) is 55.2 Å². The molecule has 0 aliphatic carbocycles. The average molecular weight is 306 g/mol. The van der Waals surface area contributed by atoms with Crippen molar-refractivity contribution in [1.82, 2.24) is 9.80 Å². The monoisotopic (exact) mass is 306 g/mol. The summed E-state index contributed by atoms with van der Waals surface area (Å²) in [6.07, 6.45) is 3.01. The van der Waals surface area contributed by atoms with Crippen molar-refractivity contribution in [1.29, 1.82) is 0 Å². The van der Waals surface area contributed by atoms with Crippen molar-refractivity contribution in [2.45, 2.75) is 19.3 Å². The van der Waals surface area contributed by atoms with Gasteiger partial charge in [0.2, 0.25) is 0 Å². The Kier molecular flexibility index (Phi) is 4.93. The first-order chi connectivity index (χ1) is 10.7. The molecule has 22 heavy (non-hydrogen) atoms. The zero-order valence-corrected chi connectivity index (χ0v) is 12.8. The van der Waals surface area contributed by atoms with Gasteiger partial charge in [0.1, 0.15) is 5.82 Å². The molecule has 2 aliphatic heterocycles. The molecule has 0 radical (unpaired) electrons. The Labute approximate surface area is 130 Å². The minimum Gasteiger partial charge on any atom is -0.378 e. The molecule has 2 aliphatic rings. The van der Waals surface area contributed by atoms with Crippen molar-refractivity contribution >= 4 is 6.03 Å². The zero-order chi connectivity index (χ0) is 15.4. The number of hydrogen-bond donors (Lipinski definition) is 0. The van der Waals surface area contributed by atoms with Crippen LogP contribution in [0.5, 0.6) is 0 Å². The van der Waals surface area contributed by atoms with E-state index in [4.69, 9.17) is 4.74 Å². The van der Waals surface area contributed by atoms with Gasteiger partial charge in [-0.05, 0) is 42.9 Å². The van der Waals surface area contributed by atoms with Crippen LogP contribution in [0, 0.1) is 11.7 Å². The zero-order valence-electron chi connectivity index (χ0n) is 12.8. The van der Waals surface area contributed by atoms with Crippen molar-refractivity contribution in [3.05, 3.63) is 35.6 Å². The predicted octanol–water partition coefficient (Wildman–Crippen LogP) is 2.53. The van der Waals surface area contributed by atoms with Gasteiger partial charge in [0.25, 0.3) is 0 Å². The summed E-state index contributed by atoms with van der Waals surface area (Å²) in [6, 6.07) is 6.92. The van der Waals surface area contributed by atoms with E-state index in [1.807, 2.05) is 21.9 Å². The van der Waals surface area contributed by atoms with Crippen molar-refractivity contribution in [3.8, 4) is 0 Å². The number of urea groups is 1. The molecule has 0 atom stereocenters. The van der Waals surface area contributed by atoms with E-state index in [2.05, 4.69) is 0 Å². The quantitative estimate of drug-likeness (QED) is 0.841. The van der Waals surface area contributed by atoms with Crippen LogP contribution in [0.1, 0.15) is 18.4 Å². The maximum absolute atomic E-state index is 12.9. The minimum atomic E-state index is -0.185. The first kappa shape index (κ1) is 15.3. The molecule has 0 unspecified atom stereocenters. The number of ether oxygens (including phenoxy) is 1. The number of carbonyl (C=O) groups is 1. The molecule has 4 nitrogen and oxygen atoms in total. The highest BCUT2D eigenvalue weighted by Gasteiger charge is 2.27. The third-order valence-corrected chi connectivity index (χ3v) is 4.60. The first-order valence-corrected chi connectivity index (χ1v) is 8.08. The molecule has 2 amide bonds. The van der Waals surface area contributed by atoms with E-state index in [1.165, 1.54) is 17.7 Å². The Morgan fingerprint density at radius 2 is 1.64 bits per heavy atom. The first-order valence-electron chi connectivity index (χ1n) is 8.08. The molecule has 5 heteroatoms. The van der Waals surface area contributed by atoms with Crippen molar-refractivity contribution in [2.75, 3.05) is 39.4 Å². The Morgan fingerprint density at radius 3 is 2.27 bits per heavy atom. The number of rotatable bonds is 2. The summed E-state index contributed by atoms with van der Waals surface area (Å²) < 4.78 is 18.2. The van der Waals surface area contributed by atoms with Gasteiger partial charge in [-0.2, -0.15) is 0 Å². The molecule has 0 aromatic heterocycles. The predicted molar refractivity (Wildman–Crippen MR) is 82.2 cm³/mol. The Balaban J connectivity index is 1.47. The van der Waals surface area contributed by atoms with Crippen LogP contribution >= 0.6 is 0 Å². The van der Waals surface area contributed by atoms with E-state index in [1.54, 1.807) is 0 Å². The lowest BCUT2D eigenvalue weighted by molar-refractivity contribution is 0.0400.